The van der Waals surface area contributed by atoms with Crippen molar-refractivity contribution in [3.8, 4) is 5.75 Å². The van der Waals surface area contributed by atoms with Crippen LogP contribution in [0.25, 0.3) is 0 Å². The second-order valence-corrected chi connectivity index (χ2v) is 5.05. The number of rotatable bonds is 2. The van der Waals surface area contributed by atoms with Gasteiger partial charge in [0.15, 0.2) is 6.04 Å². The van der Waals surface area contributed by atoms with Crippen LogP contribution >= 0.6 is 0 Å². The third kappa shape index (κ3) is 2.47. The third-order valence-corrected chi connectivity index (χ3v) is 3.88. The zero-order valence-electron chi connectivity index (χ0n) is 11.8. The Balaban J connectivity index is 1.82. The Morgan fingerprint density at radius 2 is 2.10 bits per heavy atom. The molecule has 1 aromatic carbocycles. The van der Waals surface area contributed by atoms with Crippen molar-refractivity contribution in [2.75, 3.05) is 33.5 Å². The Hall–Kier alpha value is -2.08. The van der Waals surface area contributed by atoms with Crippen LogP contribution in [0.2, 0.25) is 0 Å². The van der Waals surface area contributed by atoms with Gasteiger partial charge in [-0.1, -0.05) is 18.2 Å². The normalized spacial score (nSPS) is 24.1. The highest BCUT2D eigenvalue weighted by Crippen LogP contribution is 2.35. The summed E-state index contributed by atoms with van der Waals surface area (Å²) in [6.45, 7) is 1.29. The Bertz CT molecular complexity index is 559. The van der Waals surface area contributed by atoms with Crippen molar-refractivity contribution in [2.24, 2.45) is 0 Å². The molecule has 0 radical (unpaired) electrons. The number of ether oxygens (including phenoxy) is 3. The lowest BCUT2D eigenvalue weighted by Gasteiger charge is -2.35. The number of benzene rings is 1. The van der Waals surface area contributed by atoms with Gasteiger partial charge in [-0.05, 0) is 6.07 Å². The summed E-state index contributed by atoms with van der Waals surface area (Å²) in [5.41, 5.74) is 0.873. The van der Waals surface area contributed by atoms with E-state index in [1.807, 2.05) is 24.3 Å². The van der Waals surface area contributed by atoms with Gasteiger partial charge >= 0.3 is 5.97 Å². The predicted octanol–water partition coefficient (Wildman–Crippen LogP) is 0.563. The van der Waals surface area contributed by atoms with Crippen molar-refractivity contribution in [2.45, 2.75) is 12.0 Å². The fourth-order valence-corrected chi connectivity index (χ4v) is 2.77. The second kappa shape index (κ2) is 5.73. The molecule has 1 amide bonds. The summed E-state index contributed by atoms with van der Waals surface area (Å²) in [4.78, 5) is 26.1. The predicted molar refractivity (Wildman–Crippen MR) is 73.0 cm³/mol. The first-order valence-corrected chi connectivity index (χ1v) is 6.90. The van der Waals surface area contributed by atoms with Gasteiger partial charge in [-0.25, -0.2) is 4.79 Å². The fourth-order valence-electron chi connectivity index (χ4n) is 2.77. The number of hydrogen-bond acceptors (Lipinski definition) is 5. The molecular weight excluding hydrogens is 274 g/mol. The smallest absolute Gasteiger partial charge is 0.331 e. The molecule has 0 saturated carbocycles. The van der Waals surface area contributed by atoms with E-state index in [0.29, 0.717) is 19.8 Å². The minimum atomic E-state index is -0.677. The molecule has 0 spiro atoms. The van der Waals surface area contributed by atoms with Crippen LogP contribution in [0, 0.1) is 0 Å². The van der Waals surface area contributed by atoms with Gasteiger partial charge in [0.05, 0.1) is 20.3 Å². The van der Waals surface area contributed by atoms with Gasteiger partial charge in [0.2, 0.25) is 5.91 Å². The zero-order valence-corrected chi connectivity index (χ0v) is 11.8. The molecule has 1 saturated heterocycles. The number of hydrogen-bond donors (Lipinski definition) is 0. The Kier molecular flexibility index (Phi) is 3.79. The highest BCUT2D eigenvalue weighted by atomic mass is 16.5. The SMILES string of the molecule is COC(=O)C1COCCN1C(=O)C1COc2ccccc21. The summed E-state index contributed by atoms with van der Waals surface area (Å²) >= 11 is 0. The molecule has 2 aliphatic heterocycles. The first kappa shape index (κ1) is 13.9. The van der Waals surface area contributed by atoms with Gasteiger partial charge in [-0.3, -0.25) is 4.79 Å². The third-order valence-electron chi connectivity index (χ3n) is 3.88. The molecule has 1 aromatic rings. The van der Waals surface area contributed by atoms with E-state index < -0.39 is 12.0 Å². The summed E-state index contributed by atoms with van der Waals surface area (Å²) < 4.78 is 15.6. The highest BCUT2D eigenvalue weighted by Gasteiger charge is 2.40. The Morgan fingerprint density at radius 3 is 2.90 bits per heavy atom. The standard InChI is InChI=1S/C15H17NO5/c1-19-15(18)12-9-20-7-6-16(12)14(17)11-8-21-13-5-3-2-4-10(11)13/h2-5,11-12H,6-9H2,1H3. The van der Waals surface area contributed by atoms with E-state index in [-0.39, 0.29) is 18.4 Å². The van der Waals surface area contributed by atoms with Crippen LogP contribution in [0.3, 0.4) is 0 Å². The van der Waals surface area contributed by atoms with Gasteiger partial charge in [0.1, 0.15) is 18.3 Å². The number of methoxy groups -OCH3 is 1. The van der Waals surface area contributed by atoms with Crippen molar-refractivity contribution in [1.82, 2.24) is 4.90 Å². The first-order valence-electron chi connectivity index (χ1n) is 6.90. The monoisotopic (exact) mass is 291 g/mol. The second-order valence-electron chi connectivity index (χ2n) is 5.05. The van der Waals surface area contributed by atoms with Gasteiger partial charge in [-0.15, -0.1) is 0 Å². The van der Waals surface area contributed by atoms with E-state index in [2.05, 4.69) is 0 Å². The lowest BCUT2D eigenvalue weighted by atomic mass is 9.99. The summed E-state index contributed by atoms with van der Waals surface area (Å²) in [6, 6.07) is 6.81. The van der Waals surface area contributed by atoms with Crippen molar-refractivity contribution in [1.29, 1.82) is 0 Å². The van der Waals surface area contributed by atoms with Crippen LogP contribution < -0.4 is 4.74 Å². The van der Waals surface area contributed by atoms with Crippen LogP contribution in [0.5, 0.6) is 5.75 Å². The molecule has 2 heterocycles. The average Bonchev–Trinajstić information content (AvgIpc) is 2.97. The topological polar surface area (TPSA) is 65.1 Å². The molecule has 0 aromatic heterocycles. The quantitative estimate of drug-likeness (QED) is 0.745. The minimum absolute atomic E-state index is 0.112. The minimum Gasteiger partial charge on any atom is -0.492 e. The van der Waals surface area contributed by atoms with E-state index in [1.165, 1.54) is 7.11 Å². The fraction of sp³-hybridized carbons (Fsp3) is 0.467. The molecule has 0 N–H and O–H groups in total. The summed E-state index contributed by atoms with van der Waals surface area (Å²) in [7, 11) is 1.31. The average molecular weight is 291 g/mol. The lowest BCUT2D eigenvalue weighted by molar-refractivity contribution is -0.161. The molecule has 0 aliphatic carbocycles. The molecule has 112 valence electrons. The van der Waals surface area contributed by atoms with Crippen LogP contribution in [-0.2, 0) is 19.1 Å². The van der Waals surface area contributed by atoms with E-state index in [1.54, 1.807) is 4.90 Å². The van der Waals surface area contributed by atoms with Crippen LogP contribution in [0.1, 0.15) is 11.5 Å². The van der Waals surface area contributed by atoms with Gasteiger partial charge in [0, 0.05) is 12.1 Å². The van der Waals surface area contributed by atoms with E-state index in [9.17, 15) is 9.59 Å². The molecule has 2 unspecified atom stereocenters. The number of para-hydroxylation sites is 1. The molecule has 21 heavy (non-hydrogen) atoms. The number of nitrogens with zero attached hydrogens (tertiary/aromatic N) is 1. The van der Waals surface area contributed by atoms with Gasteiger partial charge in [0.25, 0.3) is 0 Å². The maximum Gasteiger partial charge on any atom is 0.331 e. The number of amides is 1. The van der Waals surface area contributed by atoms with Gasteiger partial charge in [-0.2, -0.15) is 0 Å². The van der Waals surface area contributed by atoms with Crippen molar-refractivity contribution in [3.63, 3.8) is 0 Å². The van der Waals surface area contributed by atoms with Gasteiger partial charge < -0.3 is 19.1 Å². The molecule has 2 aliphatic rings. The van der Waals surface area contributed by atoms with E-state index in [4.69, 9.17) is 14.2 Å². The Labute approximate surface area is 122 Å². The number of carbonyl (C=O) groups is 2. The maximum atomic E-state index is 12.8. The van der Waals surface area contributed by atoms with Crippen molar-refractivity contribution in [3.05, 3.63) is 29.8 Å². The largest absolute Gasteiger partial charge is 0.492 e. The zero-order chi connectivity index (χ0) is 14.8. The lowest BCUT2D eigenvalue weighted by Crippen LogP contribution is -2.54. The number of carbonyl (C=O) groups excluding carboxylic acids is 2. The summed E-state index contributed by atoms with van der Waals surface area (Å²) in [5.74, 6) is -0.195. The molecule has 3 rings (SSSR count). The molecule has 0 bridgehead atoms. The maximum absolute atomic E-state index is 12.8. The van der Waals surface area contributed by atoms with Crippen LogP contribution in [0.15, 0.2) is 24.3 Å². The molecule has 1 fully saturated rings. The Morgan fingerprint density at radius 1 is 1.29 bits per heavy atom. The molecule has 6 heteroatoms. The first-order chi connectivity index (χ1) is 10.2. The molecular formula is C15H17NO5. The summed E-state index contributed by atoms with van der Waals surface area (Å²) in [5, 5.41) is 0. The number of fused-ring (bicyclic) bond motifs is 1. The summed E-state index contributed by atoms with van der Waals surface area (Å²) in [6.07, 6.45) is 0. The molecule has 6 nitrogen and oxygen atoms in total. The molecule has 2 atom stereocenters. The number of morpholine rings is 1. The number of esters is 1. The van der Waals surface area contributed by atoms with Crippen molar-refractivity contribution >= 4 is 11.9 Å². The highest BCUT2D eigenvalue weighted by molar-refractivity contribution is 5.90. The van der Waals surface area contributed by atoms with Crippen LogP contribution in [0.4, 0.5) is 0 Å². The van der Waals surface area contributed by atoms with E-state index in [0.717, 1.165) is 11.3 Å². The van der Waals surface area contributed by atoms with Crippen LogP contribution in [-0.4, -0.2) is 56.3 Å². The van der Waals surface area contributed by atoms with E-state index >= 15 is 0 Å². The van der Waals surface area contributed by atoms with Crippen molar-refractivity contribution < 1.29 is 23.8 Å².